The Kier molecular flexibility index (Phi) is 6.18. The molecule has 1 amide bonds. The highest BCUT2D eigenvalue weighted by Crippen LogP contribution is 2.38. The number of carbonyl (C=O) groups excluding carboxylic acids is 1. The lowest BCUT2D eigenvalue weighted by molar-refractivity contribution is -0.116. The van der Waals surface area contributed by atoms with Crippen molar-refractivity contribution in [2.45, 2.75) is 18.5 Å². The molecule has 3 aromatic rings. The van der Waals surface area contributed by atoms with E-state index in [4.69, 9.17) is 17.0 Å². The predicted octanol–water partition coefficient (Wildman–Crippen LogP) is 3.43. The first-order valence-electron chi connectivity index (χ1n) is 10.1. The number of pyridine rings is 1. The third-order valence-corrected chi connectivity index (χ3v) is 5.80. The minimum atomic E-state index is -0.0979. The number of para-hydroxylation sites is 2. The van der Waals surface area contributed by atoms with Crippen LogP contribution < -0.4 is 15.4 Å². The third-order valence-electron chi connectivity index (χ3n) is 5.45. The predicted molar refractivity (Wildman–Crippen MR) is 124 cm³/mol. The largest absolute Gasteiger partial charge is 0.495 e. The fourth-order valence-electron chi connectivity index (χ4n) is 3.93. The fraction of sp³-hybridized carbons (Fsp3) is 0.261. The van der Waals surface area contributed by atoms with Crippen LogP contribution in [0, 0.1) is 0 Å². The van der Waals surface area contributed by atoms with Crippen molar-refractivity contribution in [2.75, 3.05) is 19.0 Å². The lowest BCUT2D eigenvalue weighted by Crippen LogP contribution is -2.33. The molecule has 2 N–H and O–H groups in total. The van der Waals surface area contributed by atoms with Crippen molar-refractivity contribution in [3.8, 4) is 5.75 Å². The Bertz CT molecular complexity index is 1070. The number of rotatable bonds is 7. The van der Waals surface area contributed by atoms with E-state index in [1.54, 1.807) is 13.3 Å². The van der Waals surface area contributed by atoms with Gasteiger partial charge in [-0.25, -0.2) is 0 Å². The van der Waals surface area contributed by atoms with Crippen LogP contribution >= 0.6 is 12.2 Å². The maximum atomic E-state index is 12.7. The van der Waals surface area contributed by atoms with Crippen LogP contribution in [0.4, 0.5) is 5.69 Å². The number of aryl methyl sites for hydroxylation is 1. The molecule has 8 heteroatoms. The minimum absolute atomic E-state index is 0.0681. The monoisotopic (exact) mass is 435 g/mol. The highest BCUT2D eigenvalue weighted by Gasteiger charge is 2.40. The Morgan fingerprint density at radius 3 is 2.71 bits per heavy atom. The molecule has 3 heterocycles. The standard InChI is InChI=1S/C23H25N5O2S/c1-27-14-7-10-18(27)22-21(17-9-5-6-13-24-17)26-23(31)28(22)15-12-20(29)25-16-8-3-4-11-19(16)30-2/h3-11,13-14,21-22H,12,15H2,1-2H3,(H,25,29)(H,26,31)/t21-,22-/m0/s1. The van der Waals surface area contributed by atoms with Gasteiger partial charge in [0.25, 0.3) is 0 Å². The van der Waals surface area contributed by atoms with E-state index in [1.807, 2.05) is 61.8 Å². The van der Waals surface area contributed by atoms with Crippen molar-refractivity contribution in [1.29, 1.82) is 0 Å². The summed E-state index contributed by atoms with van der Waals surface area (Å²) in [5, 5.41) is 6.96. The van der Waals surface area contributed by atoms with Gasteiger partial charge in [0.1, 0.15) is 5.75 Å². The maximum absolute atomic E-state index is 12.7. The number of ether oxygens (including phenoxy) is 1. The van der Waals surface area contributed by atoms with Crippen LogP contribution in [0.1, 0.15) is 29.9 Å². The second-order valence-corrected chi connectivity index (χ2v) is 7.75. The molecule has 2 aromatic heterocycles. The second kappa shape index (κ2) is 9.18. The zero-order valence-corrected chi connectivity index (χ0v) is 18.3. The van der Waals surface area contributed by atoms with Crippen LogP contribution in [0.3, 0.4) is 0 Å². The third kappa shape index (κ3) is 4.39. The van der Waals surface area contributed by atoms with E-state index in [1.165, 1.54) is 0 Å². The molecular weight excluding hydrogens is 410 g/mol. The molecule has 1 aromatic carbocycles. The molecule has 160 valence electrons. The number of hydrogen-bond donors (Lipinski definition) is 2. The van der Waals surface area contributed by atoms with Crippen LogP contribution in [0.15, 0.2) is 67.0 Å². The maximum Gasteiger partial charge on any atom is 0.226 e. The minimum Gasteiger partial charge on any atom is -0.495 e. The first-order valence-corrected chi connectivity index (χ1v) is 10.5. The van der Waals surface area contributed by atoms with Crippen LogP contribution in [0.25, 0.3) is 0 Å². The molecule has 0 saturated carbocycles. The molecule has 0 unspecified atom stereocenters. The summed E-state index contributed by atoms with van der Waals surface area (Å²) < 4.78 is 7.40. The highest BCUT2D eigenvalue weighted by atomic mass is 32.1. The molecule has 1 aliphatic heterocycles. The fourth-order valence-corrected chi connectivity index (χ4v) is 4.26. The Balaban J connectivity index is 1.53. The van der Waals surface area contributed by atoms with E-state index in [0.29, 0.717) is 23.1 Å². The molecular formula is C23H25N5O2S. The molecule has 1 saturated heterocycles. The quantitative estimate of drug-likeness (QED) is 0.554. The van der Waals surface area contributed by atoms with Gasteiger partial charge in [0.2, 0.25) is 5.91 Å². The average Bonchev–Trinajstić information content (AvgIpc) is 3.35. The summed E-state index contributed by atoms with van der Waals surface area (Å²) in [5.74, 6) is 0.533. The van der Waals surface area contributed by atoms with Crippen LogP contribution in [0.5, 0.6) is 5.75 Å². The van der Waals surface area contributed by atoms with Crippen LogP contribution in [-0.4, -0.2) is 39.1 Å². The molecule has 4 rings (SSSR count). The first kappa shape index (κ1) is 20.9. The number of benzene rings is 1. The number of amides is 1. The van der Waals surface area contributed by atoms with E-state index in [-0.39, 0.29) is 24.4 Å². The lowest BCUT2D eigenvalue weighted by atomic mass is 10.0. The van der Waals surface area contributed by atoms with Gasteiger partial charge in [-0.15, -0.1) is 0 Å². The van der Waals surface area contributed by atoms with E-state index in [9.17, 15) is 4.79 Å². The summed E-state index contributed by atoms with van der Waals surface area (Å²) in [6.45, 7) is 0.478. The molecule has 1 aliphatic rings. The molecule has 2 atom stereocenters. The lowest BCUT2D eigenvalue weighted by Gasteiger charge is -2.28. The summed E-state index contributed by atoms with van der Waals surface area (Å²) in [7, 11) is 3.60. The number of anilines is 1. The van der Waals surface area contributed by atoms with E-state index in [0.717, 1.165) is 11.4 Å². The topological polar surface area (TPSA) is 71.4 Å². The Morgan fingerprint density at radius 1 is 1.19 bits per heavy atom. The van der Waals surface area contributed by atoms with Gasteiger partial charge in [0, 0.05) is 38.1 Å². The number of nitrogens with one attached hydrogen (secondary N) is 2. The van der Waals surface area contributed by atoms with Gasteiger partial charge in [-0.05, 0) is 48.6 Å². The van der Waals surface area contributed by atoms with Crippen LogP contribution in [-0.2, 0) is 11.8 Å². The van der Waals surface area contributed by atoms with Gasteiger partial charge in [0.05, 0.1) is 30.6 Å². The second-order valence-electron chi connectivity index (χ2n) is 7.36. The van der Waals surface area contributed by atoms with Gasteiger partial charge in [-0.3, -0.25) is 9.78 Å². The first-order chi connectivity index (χ1) is 15.1. The van der Waals surface area contributed by atoms with Crippen molar-refractivity contribution in [2.24, 2.45) is 7.05 Å². The number of aromatic nitrogens is 2. The van der Waals surface area contributed by atoms with Gasteiger partial charge in [-0.1, -0.05) is 18.2 Å². The molecule has 0 aliphatic carbocycles. The zero-order chi connectivity index (χ0) is 21.8. The molecule has 0 spiro atoms. The number of methoxy groups -OCH3 is 1. The molecule has 7 nitrogen and oxygen atoms in total. The number of nitrogens with zero attached hydrogens (tertiary/aromatic N) is 3. The molecule has 0 bridgehead atoms. The SMILES string of the molecule is COc1ccccc1NC(=O)CCN1C(=S)N[C@@H](c2ccccn2)[C@@H]1c1cccn1C. The highest BCUT2D eigenvalue weighted by molar-refractivity contribution is 7.80. The van der Waals surface area contributed by atoms with Crippen LogP contribution in [0.2, 0.25) is 0 Å². The van der Waals surface area contributed by atoms with Crippen molar-refractivity contribution >= 4 is 28.9 Å². The Morgan fingerprint density at radius 2 is 2.00 bits per heavy atom. The average molecular weight is 436 g/mol. The Labute approximate surface area is 187 Å². The van der Waals surface area contributed by atoms with Gasteiger partial charge in [-0.2, -0.15) is 0 Å². The van der Waals surface area contributed by atoms with E-state index >= 15 is 0 Å². The smallest absolute Gasteiger partial charge is 0.226 e. The summed E-state index contributed by atoms with van der Waals surface area (Å²) in [6.07, 6.45) is 4.08. The van der Waals surface area contributed by atoms with E-state index < -0.39 is 0 Å². The van der Waals surface area contributed by atoms with Gasteiger partial charge < -0.3 is 24.8 Å². The molecule has 0 radical (unpaired) electrons. The van der Waals surface area contributed by atoms with Crippen molar-refractivity contribution in [1.82, 2.24) is 19.8 Å². The van der Waals surface area contributed by atoms with E-state index in [2.05, 4.69) is 31.2 Å². The summed E-state index contributed by atoms with van der Waals surface area (Å²) in [5.41, 5.74) is 2.67. The Hall–Kier alpha value is -3.39. The number of thiocarbonyl (C=S) groups is 1. The van der Waals surface area contributed by atoms with Crippen molar-refractivity contribution in [3.05, 3.63) is 78.4 Å². The van der Waals surface area contributed by atoms with Crippen molar-refractivity contribution in [3.63, 3.8) is 0 Å². The summed E-state index contributed by atoms with van der Waals surface area (Å²) >= 11 is 5.66. The summed E-state index contributed by atoms with van der Waals surface area (Å²) in [6, 6.07) is 17.2. The van der Waals surface area contributed by atoms with Gasteiger partial charge in [0.15, 0.2) is 5.11 Å². The molecule has 1 fully saturated rings. The van der Waals surface area contributed by atoms with Crippen molar-refractivity contribution < 1.29 is 9.53 Å². The molecule has 31 heavy (non-hydrogen) atoms. The zero-order valence-electron chi connectivity index (χ0n) is 17.5. The number of carbonyl (C=O) groups is 1. The number of hydrogen-bond acceptors (Lipinski definition) is 4. The summed E-state index contributed by atoms with van der Waals surface area (Å²) in [4.78, 5) is 19.3. The van der Waals surface area contributed by atoms with Gasteiger partial charge >= 0.3 is 0 Å². The normalized spacial score (nSPS) is 18.0.